The number of likely N-dealkylation sites (N-methyl/N-ethyl adjacent to an activating group) is 1. The van der Waals surface area contributed by atoms with Crippen LogP contribution in [0.15, 0.2) is 0 Å². The Morgan fingerprint density at radius 3 is 2.81 bits per heavy atom. The van der Waals surface area contributed by atoms with Crippen molar-refractivity contribution in [3.8, 4) is 0 Å². The molecule has 5 heteroatoms. The largest absolute Gasteiger partial charge is 0.308 e. The Kier molecular flexibility index (Phi) is 3.33. The zero-order valence-electron chi connectivity index (χ0n) is 9.89. The molecule has 1 aromatic rings. The first kappa shape index (κ1) is 11.3. The first-order valence-corrected chi connectivity index (χ1v) is 5.73. The van der Waals surface area contributed by atoms with Crippen LogP contribution >= 0.6 is 0 Å². The first-order valence-electron chi connectivity index (χ1n) is 5.73. The van der Waals surface area contributed by atoms with Crippen molar-refractivity contribution in [2.45, 2.75) is 25.8 Å². The quantitative estimate of drug-likeness (QED) is 0.662. The predicted molar refractivity (Wildman–Crippen MR) is 60.4 cm³/mol. The Labute approximate surface area is 95.4 Å². The van der Waals surface area contributed by atoms with Crippen LogP contribution in [-0.4, -0.2) is 46.8 Å². The molecule has 88 valence electrons. The van der Waals surface area contributed by atoms with Gasteiger partial charge in [0.2, 0.25) is 0 Å². The first-order chi connectivity index (χ1) is 7.70. The van der Waals surface area contributed by atoms with Gasteiger partial charge in [-0.25, -0.2) is 4.68 Å². The number of carbonyl (C=O) groups excluding carboxylic acids is 1. The predicted octanol–water partition coefficient (Wildman–Crippen LogP) is 0.605. The summed E-state index contributed by atoms with van der Waals surface area (Å²) in [7, 11) is 4.05. The van der Waals surface area contributed by atoms with Gasteiger partial charge in [-0.3, -0.25) is 4.79 Å². The van der Waals surface area contributed by atoms with Crippen molar-refractivity contribution < 1.29 is 4.79 Å². The van der Waals surface area contributed by atoms with E-state index in [0.717, 1.165) is 37.4 Å². The van der Waals surface area contributed by atoms with Crippen LogP contribution < -0.4 is 0 Å². The monoisotopic (exact) mass is 222 g/mol. The highest BCUT2D eigenvalue weighted by molar-refractivity contribution is 5.73. The summed E-state index contributed by atoms with van der Waals surface area (Å²) in [4.78, 5) is 13.0. The van der Waals surface area contributed by atoms with Crippen LogP contribution in [0.2, 0.25) is 0 Å². The molecule has 0 atom stereocenters. The van der Waals surface area contributed by atoms with Gasteiger partial charge in [0.1, 0.15) is 5.69 Å². The van der Waals surface area contributed by atoms with Crippen LogP contribution in [0.3, 0.4) is 0 Å². The topological polar surface area (TPSA) is 51.0 Å². The zero-order valence-corrected chi connectivity index (χ0v) is 9.89. The van der Waals surface area contributed by atoms with Gasteiger partial charge in [0.05, 0.1) is 12.2 Å². The van der Waals surface area contributed by atoms with Gasteiger partial charge in [0.25, 0.3) is 0 Å². The van der Waals surface area contributed by atoms with Crippen molar-refractivity contribution in [2.24, 2.45) is 5.92 Å². The summed E-state index contributed by atoms with van der Waals surface area (Å²) >= 11 is 0. The molecule has 16 heavy (non-hydrogen) atoms. The van der Waals surface area contributed by atoms with Gasteiger partial charge in [-0.15, -0.1) is 5.10 Å². The van der Waals surface area contributed by atoms with Gasteiger partial charge in [-0.1, -0.05) is 5.21 Å². The molecule has 0 aliphatic heterocycles. The Morgan fingerprint density at radius 2 is 2.25 bits per heavy atom. The van der Waals surface area contributed by atoms with Crippen LogP contribution in [0.1, 0.15) is 29.0 Å². The van der Waals surface area contributed by atoms with Crippen molar-refractivity contribution in [1.29, 1.82) is 0 Å². The number of nitrogens with zero attached hydrogens (tertiary/aromatic N) is 4. The average molecular weight is 222 g/mol. The number of hydrogen-bond donors (Lipinski definition) is 0. The van der Waals surface area contributed by atoms with E-state index in [4.69, 9.17) is 0 Å². The van der Waals surface area contributed by atoms with Crippen LogP contribution in [0, 0.1) is 5.92 Å². The molecule has 5 nitrogen and oxygen atoms in total. The van der Waals surface area contributed by atoms with Crippen molar-refractivity contribution in [2.75, 3.05) is 20.6 Å². The van der Waals surface area contributed by atoms with Crippen LogP contribution in [0.5, 0.6) is 0 Å². The summed E-state index contributed by atoms with van der Waals surface area (Å²) in [6.45, 7) is 1.72. The maximum atomic E-state index is 10.9. The minimum Gasteiger partial charge on any atom is -0.308 e. The van der Waals surface area contributed by atoms with E-state index in [1.54, 1.807) is 0 Å². The molecule has 0 amide bonds. The zero-order chi connectivity index (χ0) is 11.5. The smallest absolute Gasteiger partial charge is 0.172 e. The van der Waals surface area contributed by atoms with E-state index < -0.39 is 0 Å². The molecule has 1 fully saturated rings. The average Bonchev–Trinajstić information content (AvgIpc) is 2.96. The molecule has 0 aromatic carbocycles. The third-order valence-corrected chi connectivity index (χ3v) is 2.92. The van der Waals surface area contributed by atoms with E-state index in [-0.39, 0.29) is 0 Å². The summed E-state index contributed by atoms with van der Waals surface area (Å²) in [6, 6.07) is 0. The van der Waals surface area contributed by atoms with Gasteiger partial charge >= 0.3 is 0 Å². The standard InChI is InChI=1S/C11H18N4O/c1-14(2)5-6-15-11(7-9-3-4-9)10(8-16)12-13-15/h8-9H,3-7H2,1-2H3. The van der Waals surface area contributed by atoms with Crippen LogP contribution in [-0.2, 0) is 13.0 Å². The van der Waals surface area contributed by atoms with E-state index in [1.165, 1.54) is 12.8 Å². The third-order valence-electron chi connectivity index (χ3n) is 2.92. The second kappa shape index (κ2) is 4.74. The highest BCUT2D eigenvalue weighted by atomic mass is 16.1. The molecule has 0 bridgehead atoms. The van der Waals surface area contributed by atoms with Gasteiger partial charge in [0, 0.05) is 6.54 Å². The van der Waals surface area contributed by atoms with Crippen LogP contribution in [0.25, 0.3) is 0 Å². The molecule has 1 aliphatic carbocycles. The molecule has 2 rings (SSSR count). The van der Waals surface area contributed by atoms with E-state index in [1.807, 2.05) is 18.8 Å². The summed E-state index contributed by atoms with van der Waals surface area (Å²) in [6.07, 6.45) is 4.32. The molecule has 1 heterocycles. The van der Waals surface area contributed by atoms with Crippen molar-refractivity contribution >= 4 is 6.29 Å². The molecule has 0 spiro atoms. The number of aldehydes is 1. The van der Waals surface area contributed by atoms with Crippen molar-refractivity contribution in [3.63, 3.8) is 0 Å². The minimum atomic E-state index is 0.519. The Hall–Kier alpha value is -1.23. The normalized spacial score (nSPS) is 15.7. The summed E-state index contributed by atoms with van der Waals surface area (Å²) in [5, 5.41) is 7.97. The van der Waals surface area contributed by atoms with Crippen LogP contribution in [0.4, 0.5) is 0 Å². The van der Waals surface area contributed by atoms with Crippen molar-refractivity contribution in [3.05, 3.63) is 11.4 Å². The second-order valence-corrected chi connectivity index (χ2v) is 4.71. The Morgan fingerprint density at radius 1 is 1.50 bits per heavy atom. The maximum Gasteiger partial charge on any atom is 0.172 e. The lowest BCUT2D eigenvalue weighted by Gasteiger charge is -2.11. The maximum absolute atomic E-state index is 10.9. The fourth-order valence-electron chi connectivity index (χ4n) is 1.72. The molecule has 0 N–H and O–H groups in total. The molecule has 0 radical (unpaired) electrons. The summed E-state index contributed by atoms with van der Waals surface area (Å²) in [5.41, 5.74) is 1.53. The van der Waals surface area contributed by atoms with E-state index in [2.05, 4.69) is 15.2 Å². The molecular formula is C11H18N4O. The van der Waals surface area contributed by atoms with Gasteiger partial charge in [0.15, 0.2) is 6.29 Å². The molecule has 1 saturated carbocycles. The number of carbonyl (C=O) groups is 1. The number of rotatable bonds is 6. The van der Waals surface area contributed by atoms with Gasteiger partial charge in [-0.2, -0.15) is 0 Å². The summed E-state index contributed by atoms with van der Waals surface area (Å²) < 4.78 is 1.88. The second-order valence-electron chi connectivity index (χ2n) is 4.71. The SMILES string of the molecule is CN(C)CCn1nnc(C=O)c1CC1CC1. The van der Waals surface area contributed by atoms with E-state index in [0.29, 0.717) is 5.69 Å². The molecule has 0 saturated heterocycles. The Balaban J connectivity index is 2.08. The molecule has 0 unspecified atom stereocenters. The number of aromatic nitrogens is 3. The molecular weight excluding hydrogens is 204 g/mol. The third kappa shape index (κ3) is 2.66. The van der Waals surface area contributed by atoms with Crippen molar-refractivity contribution in [1.82, 2.24) is 19.9 Å². The highest BCUT2D eigenvalue weighted by Crippen LogP contribution is 2.32. The van der Waals surface area contributed by atoms with Gasteiger partial charge < -0.3 is 4.90 Å². The lowest BCUT2D eigenvalue weighted by Crippen LogP contribution is -2.20. The van der Waals surface area contributed by atoms with E-state index in [9.17, 15) is 4.79 Å². The Bertz CT molecular complexity index is 368. The minimum absolute atomic E-state index is 0.519. The van der Waals surface area contributed by atoms with E-state index >= 15 is 0 Å². The summed E-state index contributed by atoms with van der Waals surface area (Å²) in [5.74, 6) is 0.746. The fraction of sp³-hybridized carbons (Fsp3) is 0.727. The van der Waals surface area contributed by atoms with Gasteiger partial charge in [-0.05, 0) is 39.3 Å². The molecule has 1 aliphatic rings. The molecule has 1 aromatic heterocycles. The fourth-order valence-corrected chi connectivity index (χ4v) is 1.72. The highest BCUT2D eigenvalue weighted by Gasteiger charge is 2.25. The lowest BCUT2D eigenvalue weighted by molar-refractivity contribution is 0.111. The lowest BCUT2D eigenvalue weighted by atomic mass is 10.2. The number of hydrogen-bond acceptors (Lipinski definition) is 4.